The van der Waals surface area contributed by atoms with Gasteiger partial charge < -0.3 is 24.7 Å². The van der Waals surface area contributed by atoms with E-state index in [1.807, 2.05) is 0 Å². The predicted octanol–water partition coefficient (Wildman–Crippen LogP) is 2.85. The Kier molecular flexibility index (Phi) is 18.8. The van der Waals surface area contributed by atoms with E-state index in [2.05, 4.69) is 11.4 Å². The number of Topliss-reactive ketones (excluding diaryl/α,β-unsaturated/α-hetero) is 1. The van der Waals surface area contributed by atoms with E-state index in [1.54, 1.807) is 21.1 Å². The molecule has 10 heteroatoms. The second kappa shape index (κ2) is 19.0. The van der Waals surface area contributed by atoms with E-state index in [0.29, 0.717) is 6.42 Å². The zero-order valence-corrected chi connectivity index (χ0v) is 22.8. The Hall–Kier alpha value is -0.220. The van der Waals surface area contributed by atoms with Crippen LogP contribution in [-0.2, 0) is 13.8 Å². The summed E-state index contributed by atoms with van der Waals surface area (Å²) in [6, 6.07) is -1.07. The molecule has 0 saturated heterocycles. The minimum absolute atomic E-state index is 0.0116. The van der Waals surface area contributed by atoms with Crippen molar-refractivity contribution in [2.75, 3.05) is 34.4 Å². The van der Waals surface area contributed by atoms with E-state index in [0.717, 1.165) is 19.3 Å². The molecule has 0 rings (SSSR count). The fourth-order valence-corrected chi connectivity index (χ4v) is 4.71. The first kappa shape index (κ1) is 33.8. The van der Waals surface area contributed by atoms with Gasteiger partial charge in [0.2, 0.25) is 6.04 Å². The van der Waals surface area contributed by atoms with Crippen molar-refractivity contribution in [2.24, 2.45) is 0 Å². The van der Waals surface area contributed by atoms with Crippen LogP contribution in [0.3, 0.4) is 0 Å². The summed E-state index contributed by atoms with van der Waals surface area (Å²) in [6.45, 7) is 0.943. The van der Waals surface area contributed by atoms with Crippen molar-refractivity contribution in [1.29, 1.82) is 0 Å². The molecule has 34 heavy (non-hydrogen) atoms. The number of nitrogens with zero attached hydrogens (tertiary/aromatic N) is 1. The maximum atomic E-state index is 12.8. The number of ketones is 1. The predicted molar refractivity (Wildman–Crippen MR) is 132 cm³/mol. The number of phosphoric acid groups is 1. The number of unbranched alkanes of at least 4 members (excludes halogenated alkanes) is 12. The van der Waals surface area contributed by atoms with E-state index in [4.69, 9.17) is 9.63 Å². The molecule has 0 radical (unpaired) electrons. The molecule has 0 aliphatic carbocycles. The van der Waals surface area contributed by atoms with Crippen LogP contribution in [0.4, 0.5) is 0 Å². The van der Waals surface area contributed by atoms with Gasteiger partial charge in [-0.05, 0) is 6.42 Å². The SMILES string of the molecule is CCCCCCCCCCCCCCCC(=O)C(C(O)O[P+]([O-])(O)OC[C@H](O)CO)[N+](C)(C)C. The average Bonchev–Trinajstić information content (AvgIpc) is 2.74. The number of phosphoric ester groups is 1. The minimum Gasteiger partial charge on any atom is -0.606 e. The van der Waals surface area contributed by atoms with E-state index in [9.17, 15) is 24.8 Å². The van der Waals surface area contributed by atoms with Crippen LogP contribution >= 0.6 is 8.17 Å². The Labute approximate surface area is 207 Å². The number of likely N-dealkylation sites (N-methyl/N-ethyl adjacent to an activating group) is 1. The molecule has 0 heterocycles. The largest absolute Gasteiger partial charge is 0.606 e. The lowest BCUT2D eigenvalue weighted by atomic mass is 10.0. The van der Waals surface area contributed by atoms with Gasteiger partial charge in [-0.15, -0.1) is 4.52 Å². The van der Waals surface area contributed by atoms with Crippen LogP contribution in [0.15, 0.2) is 0 Å². The van der Waals surface area contributed by atoms with Gasteiger partial charge in [0.15, 0.2) is 5.78 Å². The highest BCUT2D eigenvalue weighted by Crippen LogP contribution is 2.49. The second-order valence-corrected chi connectivity index (χ2v) is 11.5. The maximum absolute atomic E-state index is 12.8. The molecule has 4 N–H and O–H groups in total. The first-order chi connectivity index (χ1) is 15.9. The van der Waals surface area contributed by atoms with Crippen LogP contribution < -0.4 is 4.89 Å². The summed E-state index contributed by atoms with van der Waals surface area (Å²) in [4.78, 5) is 34.6. The molecule has 0 aliphatic heterocycles. The van der Waals surface area contributed by atoms with Crippen LogP contribution in [0.2, 0.25) is 0 Å². The van der Waals surface area contributed by atoms with Gasteiger partial charge in [0.1, 0.15) is 12.7 Å². The van der Waals surface area contributed by atoms with Crippen molar-refractivity contribution >= 4 is 14.0 Å². The molecule has 0 bridgehead atoms. The Bertz CT molecular complexity index is 516. The lowest BCUT2D eigenvalue weighted by Gasteiger charge is -2.36. The number of carbonyl (C=O) groups excluding carboxylic acids is 1. The Morgan fingerprint density at radius 3 is 1.74 bits per heavy atom. The molecule has 3 unspecified atom stereocenters. The Morgan fingerprint density at radius 2 is 1.32 bits per heavy atom. The molecule has 0 aromatic carbocycles. The van der Waals surface area contributed by atoms with E-state index in [-0.39, 0.29) is 16.7 Å². The zero-order valence-electron chi connectivity index (χ0n) is 21.9. The monoisotopic (exact) mass is 512 g/mol. The zero-order chi connectivity index (χ0) is 26.0. The van der Waals surface area contributed by atoms with Crippen molar-refractivity contribution in [3.63, 3.8) is 0 Å². The molecule has 0 amide bonds. The molecule has 0 fully saturated rings. The fraction of sp³-hybridized carbons (Fsp3) is 0.958. The fourth-order valence-electron chi connectivity index (χ4n) is 3.90. The number of rotatable bonds is 23. The number of carbonyl (C=O) groups is 1. The van der Waals surface area contributed by atoms with E-state index < -0.39 is 39.8 Å². The normalized spacial score (nSPS) is 16.7. The standard InChI is InChI=1S/C24H50NO8P/c1-5-6-7-8-9-10-11-12-13-14-15-16-17-18-22(28)23(25(2,3)4)24(29)33-34(30,31)32-20-21(27)19-26/h21,23-24,26-27,29H,5-20H2,1-4H3/p+1/t21-,23?,24?/m1/s1. The van der Waals surface area contributed by atoms with Gasteiger partial charge in [0, 0.05) is 6.42 Å². The molecule has 0 spiro atoms. The Morgan fingerprint density at radius 1 is 0.882 bits per heavy atom. The Balaban J connectivity index is 4.23. The molecule has 204 valence electrons. The summed E-state index contributed by atoms with van der Waals surface area (Å²) in [6.07, 6.45) is 12.6. The average molecular weight is 513 g/mol. The van der Waals surface area contributed by atoms with Crippen LogP contribution in [0.5, 0.6) is 0 Å². The van der Waals surface area contributed by atoms with Crippen molar-refractivity contribution in [3.05, 3.63) is 0 Å². The summed E-state index contributed by atoms with van der Waals surface area (Å²) >= 11 is 0. The van der Waals surface area contributed by atoms with Crippen molar-refractivity contribution in [1.82, 2.24) is 0 Å². The van der Waals surface area contributed by atoms with Gasteiger partial charge in [0.05, 0.1) is 27.7 Å². The second-order valence-electron chi connectivity index (χ2n) is 10.1. The molecule has 0 saturated carbocycles. The van der Waals surface area contributed by atoms with Gasteiger partial charge in [-0.2, -0.15) is 9.42 Å². The van der Waals surface area contributed by atoms with Crippen LogP contribution in [0.25, 0.3) is 0 Å². The smallest absolute Gasteiger partial charge is 0.380 e. The molecule has 0 aromatic rings. The number of aliphatic hydroxyl groups is 3. The summed E-state index contributed by atoms with van der Waals surface area (Å²) in [5, 5.41) is 28.4. The molecule has 0 aliphatic rings. The van der Waals surface area contributed by atoms with Crippen molar-refractivity contribution < 1.29 is 43.4 Å². The van der Waals surface area contributed by atoms with Crippen LogP contribution in [0.1, 0.15) is 96.8 Å². The topological polar surface area (TPSA) is 140 Å². The third-order valence-electron chi connectivity index (χ3n) is 5.84. The van der Waals surface area contributed by atoms with Gasteiger partial charge in [-0.3, -0.25) is 4.79 Å². The quantitative estimate of drug-likeness (QED) is 0.0709. The number of quaternary nitrogens is 1. The van der Waals surface area contributed by atoms with Gasteiger partial charge in [0.25, 0.3) is 6.29 Å². The lowest BCUT2D eigenvalue weighted by Crippen LogP contribution is -2.57. The third kappa shape index (κ3) is 17.2. The van der Waals surface area contributed by atoms with Gasteiger partial charge in [-0.25, -0.2) is 0 Å². The first-order valence-electron chi connectivity index (χ1n) is 12.9. The number of hydrogen-bond acceptors (Lipinski definition) is 8. The maximum Gasteiger partial charge on any atom is 0.380 e. The highest BCUT2D eigenvalue weighted by molar-refractivity contribution is 7.52. The van der Waals surface area contributed by atoms with Crippen molar-refractivity contribution in [3.8, 4) is 0 Å². The first-order valence-corrected chi connectivity index (χ1v) is 14.4. The van der Waals surface area contributed by atoms with Gasteiger partial charge >= 0.3 is 8.17 Å². The summed E-state index contributed by atoms with van der Waals surface area (Å²) < 4.78 is 9.37. The highest BCUT2D eigenvalue weighted by atomic mass is 31.2. The molecule has 9 nitrogen and oxygen atoms in total. The number of aliphatic hydroxyl groups excluding tert-OH is 3. The number of hydrogen-bond donors (Lipinski definition) is 4. The summed E-state index contributed by atoms with van der Waals surface area (Å²) in [5.41, 5.74) is 0. The minimum atomic E-state index is -4.72. The molecular weight excluding hydrogens is 461 g/mol. The van der Waals surface area contributed by atoms with Gasteiger partial charge in [-0.1, -0.05) is 84.0 Å². The van der Waals surface area contributed by atoms with E-state index in [1.165, 1.54) is 57.8 Å². The molecular formula is C24H51NO8P+. The van der Waals surface area contributed by atoms with Crippen LogP contribution in [0, 0.1) is 0 Å². The third-order valence-corrected chi connectivity index (χ3v) is 6.80. The highest BCUT2D eigenvalue weighted by Gasteiger charge is 2.45. The van der Waals surface area contributed by atoms with Crippen LogP contribution in [-0.4, -0.2) is 83.3 Å². The molecule has 4 atom stereocenters. The summed E-state index contributed by atoms with van der Waals surface area (Å²) in [7, 11) is 0.354. The summed E-state index contributed by atoms with van der Waals surface area (Å²) in [5.74, 6) is -0.251. The molecule has 0 aromatic heterocycles. The lowest BCUT2D eigenvalue weighted by molar-refractivity contribution is -0.892. The van der Waals surface area contributed by atoms with E-state index >= 15 is 0 Å². The van der Waals surface area contributed by atoms with Crippen molar-refractivity contribution in [2.45, 2.75) is 115 Å².